The largest absolute Gasteiger partial charge is 0.471 e. The predicted molar refractivity (Wildman–Crippen MR) is 76.0 cm³/mol. The molecule has 120 valence electrons. The van der Waals surface area contributed by atoms with Crippen LogP contribution in [-0.4, -0.2) is 46.6 Å². The average molecular weight is 312 g/mol. The van der Waals surface area contributed by atoms with Crippen molar-refractivity contribution in [3.63, 3.8) is 0 Å². The number of hydrogen-bond donors (Lipinski definition) is 0. The Morgan fingerprint density at radius 2 is 1.91 bits per heavy atom. The van der Waals surface area contributed by atoms with Crippen LogP contribution >= 0.6 is 0 Å². The van der Waals surface area contributed by atoms with Crippen molar-refractivity contribution >= 4 is 5.91 Å². The van der Waals surface area contributed by atoms with Crippen molar-refractivity contribution in [2.45, 2.75) is 44.1 Å². The molecule has 22 heavy (non-hydrogen) atoms. The van der Waals surface area contributed by atoms with Crippen LogP contribution in [0.15, 0.2) is 30.3 Å². The summed E-state index contributed by atoms with van der Waals surface area (Å²) in [5.74, 6) is -1.68. The first-order valence-corrected chi connectivity index (χ1v) is 7.49. The molecule has 0 radical (unpaired) electrons. The molecule has 0 aromatic heterocycles. The number of carbonyl (C=O) groups excluding carboxylic acids is 1. The van der Waals surface area contributed by atoms with Gasteiger partial charge in [-0.05, 0) is 25.3 Å². The molecule has 1 aliphatic heterocycles. The Labute approximate surface area is 127 Å². The van der Waals surface area contributed by atoms with Crippen molar-refractivity contribution < 1.29 is 18.0 Å². The molecule has 6 heteroatoms. The van der Waals surface area contributed by atoms with Crippen molar-refractivity contribution in [1.82, 2.24) is 9.80 Å². The van der Waals surface area contributed by atoms with E-state index in [1.807, 2.05) is 37.3 Å². The van der Waals surface area contributed by atoms with Gasteiger partial charge >= 0.3 is 12.1 Å². The smallest absolute Gasteiger partial charge is 0.326 e. The summed E-state index contributed by atoms with van der Waals surface area (Å²) in [6.45, 7) is 3.25. The Kier molecular flexibility index (Phi) is 3.67. The normalized spacial score (nSPS) is 24.5. The summed E-state index contributed by atoms with van der Waals surface area (Å²) >= 11 is 0. The van der Waals surface area contributed by atoms with Gasteiger partial charge in [0, 0.05) is 25.7 Å². The van der Waals surface area contributed by atoms with E-state index >= 15 is 0 Å². The van der Waals surface area contributed by atoms with Gasteiger partial charge in [0.15, 0.2) is 0 Å². The van der Waals surface area contributed by atoms with Crippen molar-refractivity contribution in [1.29, 1.82) is 0 Å². The molecule has 0 unspecified atom stereocenters. The molecule has 1 amide bonds. The van der Waals surface area contributed by atoms with Crippen LogP contribution in [0.4, 0.5) is 13.2 Å². The molecule has 2 fully saturated rings. The molecular weight excluding hydrogens is 293 g/mol. The predicted octanol–water partition coefficient (Wildman–Crippen LogP) is 2.81. The molecule has 1 aromatic rings. The minimum Gasteiger partial charge on any atom is -0.326 e. The van der Waals surface area contributed by atoms with Gasteiger partial charge in [0.1, 0.15) is 0 Å². The van der Waals surface area contributed by atoms with Crippen LogP contribution in [0.25, 0.3) is 0 Å². The third-order valence-corrected chi connectivity index (χ3v) is 4.68. The Hall–Kier alpha value is -1.56. The Balaban J connectivity index is 1.74. The fraction of sp³-hybridized carbons (Fsp3) is 0.562. The van der Waals surface area contributed by atoms with Crippen LogP contribution < -0.4 is 0 Å². The average Bonchev–Trinajstić information content (AvgIpc) is 3.22. The third-order valence-electron chi connectivity index (χ3n) is 4.68. The summed E-state index contributed by atoms with van der Waals surface area (Å²) in [6.07, 6.45) is -3.46. The molecular formula is C16H19F3N2O. The van der Waals surface area contributed by atoms with Gasteiger partial charge in [-0.25, -0.2) is 0 Å². The lowest BCUT2D eigenvalue weighted by Crippen LogP contribution is -2.62. The highest BCUT2D eigenvalue weighted by Crippen LogP contribution is 2.47. The lowest BCUT2D eigenvalue weighted by Gasteiger charge is -2.46. The van der Waals surface area contributed by atoms with E-state index in [0.29, 0.717) is 25.9 Å². The third kappa shape index (κ3) is 2.84. The molecule has 2 aliphatic rings. The number of amides is 1. The summed E-state index contributed by atoms with van der Waals surface area (Å²) in [5, 5.41) is 0. The molecule has 1 saturated heterocycles. The maximum Gasteiger partial charge on any atom is 0.471 e. The maximum atomic E-state index is 12.8. The van der Waals surface area contributed by atoms with Gasteiger partial charge in [-0.1, -0.05) is 30.3 Å². The number of alkyl halides is 3. The molecule has 0 bridgehead atoms. The first kappa shape index (κ1) is 15.3. The van der Waals surface area contributed by atoms with Gasteiger partial charge in [-0.3, -0.25) is 9.69 Å². The number of benzene rings is 1. The maximum absolute atomic E-state index is 12.8. The lowest BCUT2D eigenvalue weighted by atomic mass is 10.0. The van der Waals surface area contributed by atoms with E-state index in [2.05, 4.69) is 4.90 Å². The first-order chi connectivity index (χ1) is 10.3. The SMILES string of the molecule is C[C@@H]1CN(C(=O)C(F)(F)F)C2(CC2)CN1Cc1ccccc1. The molecule has 1 aromatic carbocycles. The second-order valence-corrected chi connectivity index (χ2v) is 6.38. The van der Waals surface area contributed by atoms with E-state index in [-0.39, 0.29) is 12.6 Å². The monoisotopic (exact) mass is 312 g/mol. The van der Waals surface area contributed by atoms with Crippen LogP contribution in [0.2, 0.25) is 0 Å². The Morgan fingerprint density at radius 1 is 1.27 bits per heavy atom. The molecule has 1 atom stereocenters. The minimum absolute atomic E-state index is 0.0854. The van der Waals surface area contributed by atoms with Crippen LogP contribution in [0.1, 0.15) is 25.3 Å². The fourth-order valence-electron chi connectivity index (χ4n) is 3.25. The highest BCUT2D eigenvalue weighted by molar-refractivity contribution is 5.83. The molecule has 1 saturated carbocycles. The Bertz CT molecular complexity index is 554. The van der Waals surface area contributed by atoms with Crippen molar-refractivity contribution in [3.8, 4) is 0 Å². The summed E-state index contributed by atoms with van der Waals surface area (Å²) in [5.41, 5.74) is 0.536. The van der Waals surface area contributed by atoms with E-state index < -0.39 is 17.6 Å². The van der Waals surface area contributed by atoms with Crippen molar-refractivity contribution in [3.05, 3.63) is 35.9 Å². The van der Waals surface area contributed by atoms with E-state index in [4.69, 9.17) is 0 Å². The van der Waals surface area contributed by atoms with Crippen molar-refractivity contribution in [2.24, 2.45) is 0 Å². The topological polar surface area (TPSA) is 23.6 Å². The number of carbonyl (C=O) groups is 1. The summed E-state index contributed by atoms with van der Waals surface area (Å²) in [7, 11) is 0. The molecule has 1 heterocycles. The van der Waals surface area contributed by atoms with Gasteiger partial charge in [0.2, 0.25) is 0 Å². The van der Waals surface area contributed by atoms with Gasteiger partial charge in [-0.15, -0.1) is 0 Å². The standard InChI is InChI=1S/C16H19F3N2O/c1-12-9-21(14(22)16(17,18)19)15(7-8-15)11-20(12)10-13-5-3-2-4-6-13/h2-6,12H,7-11H2,1H3/t12-/m1/s1. The summed E-state index contributed by atoms with van der Waals surface area (Å²) in [6, 6.07) is 9.79. The van der Waals surface area contributed by atoms with Crippen LogP contribution in [-0.2, 0) is 11.3 Å². The lowest BCUT2D eigenvalue weighted by molar-refractivity contribution is -0.192. The molecule has 1 spiro atoms. The molecule has 3 rings (SSSR count). The number of nitrogens with zero attached hydrogens (tertiary/aromatic N) is 2. The molecule has 3 nitrogen and oxygen atoms in total. The van der Waals surface area contributed by atoms with Gasteiger partial charge in [-0.2, -0.15) is 13.2 Å². The highest BCUT2D eigenvalue weighted by atomic mass is 19.4. The number of piperazine rings is 1. The van der Waals surface area contributed by atoms with Gasteiger partial charge in [0.05, 0.1) is 5.54 Å². The zero-order valence-electron chi connectivity index (χ0n) is 12.4. The first-order valence-electron chi connectivity index (χ1n) is 7.49. The zero-order chi connectivity index (χ0) is 16.0. The Morgan fingerprint density at radius 3 is 2.45 bits per heavy atom. The number of rotatable bonds is 2. The van der Waals surface area contributed by atoms with E-state index in [1.54, 1.807) is 0 Å². The van der Waals surface area contributed by atoms with Gasteiger partial charge in [0.25, 0.3) is 0 Å². The fourth-order valence-corrected chi connectivity index (χ4v) is 3.25. The van der Waals surface area contributed by atoms with E-state index in [1.165, 1.54) is 0 Å². The zero-order valence-corrected chi connectivity index (χ0v) is 12.4. The summed E-state index contributed by atoms with van der Waals surface area (Å²) in [4.78, 5) is 14.9. The number of halogens is 3. The van der Waals surface area contributed by atoms with Crippen LogP contribution in [0, 0.1) is 0 Å². The van der Waals surface area contributed by atoms with E-state index in [0.717, 1.165) is 10.5 Å². The quantitative estimate of drug-likeness (QED) is 0.838. The van der Waals surface area contributed by atoms with Crippen molar-refractivity contribution in [2.75, 3.05) is 13.1 Å². The van der Waals surface area contributed by atoms with Gasteiger partial charge < -0.3 is 4.90 Å². The van der Waals surface area contributed by atoms with E-state index in [9.17, 15) is 18.0 Å². The summed E-state index contributed by atoms with van der Waals surface area (Å²) < 4.78 is 38.3. The second-order valence-electron chi connectivity index (χ2n) is 6.38. The van der Waals surface area contributed by atoms with Crippen LogP contribution in [0.5, 0.6) is 0 Å². The highest BCUT2D eigenvalue weighted by Gasteiger charge is 2.59. The van der Waals surface area contributed by atoms with Crippen LogP contribution in [0.3, 0.4) is 0 Å². The second kappa shape index (κ2) is 5.26. The molecule has 0 N–H and O–H groups in total. The molecule has 1 aliphatic carbocycles. The minimum atomic E-state index is -4.78. The number of hydrogen-bond acceptors (Lipinski definition) is 2.